The van der Waals surface area contributed by atoms with Crippen LogP contribution in [0.4, 0.5) is 11.4 Å². The molecule has 1 aromatic rings. The van der Waals surface area contributed by atoms with Crippen molar-refractivity contribution in [2.24, 2.45) is 5.41 Å². The minimum atomic E-state index is -0.176. The number of methoxy groups -OCH3 is 1. The SMILES string of the molecule is CO[C@@H](CNC(=O)c1ccc2c(c1)NC(=O)CCN2C)C(C)(C)C. The maximum absolute atomic E-state index is 12.4. The van der Waals surface area contributed by atoms with Crippen LogP contribution in [-0.2, 0) is 9.53 Å². The maximum Gasteiger partial charge on any atom is 0.251 e. The molecule has 2 rings (SSSR count). The van der Waals surface area contributed by atoms with Crippen LogP contribution in [0.15, 0.2) is 18.2 Å². The number of nitrogens with zero attached hydrogens (tertiary/aromatic N) is 1. The Morgan fingerprint density at radius 3 is 2.75 bits per heavy atom. The molecule has 0 bridgehead atoms. The van der Waals surface area contributed by atoms with Gasteiger partial charge in [0.2, 0.25) is 5.91 Å². The van der Waals surface area contributed by atoms with Gasteiger partial charge in [0.15, 0.2) is 0 Å². The monoisotopic (exact) mass is 333 g/mol. The Morgan fingerprint density at radius 1 is 1.42 bits per heavy atom. The first-order valence-electron chi connectivity index (χ1n) is 8.18. The summed E-state index contributed by atoms with van der Waals surface area (Å²) in [7, 11) is 3.58. The molecule has 132 valence electrons. The van der Waals surface area contributed by atoms with Gasteiger partial charge in [0.1, 0.15) is 0 Å². The largest absolute Gasteiger partial charge is 0.379 e. The van der Waals surface area contributed by atoms with E-state index in [4.69, 9.17) is 4.74 Å². The van der Waals surface area contributed by atoms with E-state index in [1.165, 1.54) is 0 Å². The zero-order valence-electron chi connectivity index (χ0n) is 15.1. The van der Waals surface area contributed by atoms with E-state index >= 15 is 0 Å². The molecule has 2 N–H and O–H groups in total. The van der Waals surface area contributed by atoms with Crippen molar-refractivity contribution in [1.82, 2.24) is 5.32 Å². The van der Waals surface area contributed by atoms with Crippen molar-refractivity contribution in [1.29, 1.82) is 0 Å². The minimum Gasteiger partial charge on any atom is -0.379 e. The van der Waals surface area contributed by atoms with Crippen molar-refractivity contribution >= 4 is 23.2 Å². The first-order valence-corrected chi connectivity index (χ1v) is 8.18. The van der Waals surface area contributed by atoms with Crippen LogP contribution in [0.1, 0.15) is 37.6 Å². The number of carbonyl (C=O) groups is 2. The van der Waals surface area contributed by atoms with E-state index in [-0.39, 0.29) is 23.3 Å². The average molecular weight is 333 g/mol. The number of rotatable bonds is 4. The molecule has 0 saturated heterocycles. The van der Waals surface area contributed by atoms with Crippen LogP contribution in [0.5, 0.6) is 0 Å². The standard InChI is InChI=1S/C18H27N3O3/c1-18(2,3)15(24-5)11-19-17(23)12-6-7-14-13(10-12)20-16(22)8-9-21(14)4/h6-7,10,15H,8-9,11H2,1-5H3,(H,19,23)(H,20,22)/t15-/m0/s1. The van der Waals surface area contributed by atoms with Crippen molar-refractivity contribution in [2.75, 3.05) is 37.5 Å². The predicted octanol–water partition coefficient (Wildman–Crippen LogP) is 2.26. The number of hydrogen-bond donors (Lipinski definition) is 2. The summed E-state index contributed by atoms with van der Waals surface area (Å²) in [5.41, 5.74) is 2.05. The molecule has 1 aromatic carbocycles. The number of benzene rings is 1. The third-order valence-electron chi connectivity index (χ3n) is 4.32. The van der Waals surface area contributed by atoms with Crippen molar-refractivity contribution in [3.63, 3.8) is 0 Å². The molecule has 0 radical (unpaired) electrons. The summed E-state index contributed by atoms with van der Waals surface area (Å²) in [6.45, 7) is 7.30. The van der Waals surface area contributed by atoms with Crippen LogP contribution in [0, 0.1) is 5.41 Å². The molecule has 0 spiro atoms. The molecule has 24 heavy (non-hydrogen) atoms. The van der Waals surface area contributed by atoms with Crippen LogP contribution in [0.3, 0.4) is 0 Å². The van der Waals surface area contributed by atoms with E-state index < -0.39 is 0 Å². The highest BCUT2D eigenvalue weighted by Gasteiger charge is 2.25. The summed E-state index contributed by atoms with van der Waals surface area (Å²) in [6, 6.07) is 5.37. The number of carbonyl (C=O) groups excluding carboxylic acids is 2. The number of anilines is 2. The number of fused-ring (bicyclic) bond motifs is 1. The van der Waals surface area contributed by atoms with E-state index in [1.54, 1.807) is 19.2 Å². The van der Waals surface area contributed by atoms with Gasteiger partial charge in [0.05, 0.1) is 17.5 Å². The normalized spacial score (nSPS) is 16.0. The van der Waals surface area contributed by atoms with Crippen LogP contribution in [0.2, 0.25) is 0 Å². The van der Waals surface area contributed by atoms with E-state index in [9.17, 15) is 9.59 Å². The highest BCUT2D eigenvalue weighted by Crippen LogP contribution is 2.29. The summed E-state index contributed by atoms with van der Waals surface area (Å²) < 4.78 is 5.46. The molecule has 0 saturated carbocycles. The van der Waals surface area contributed by atoms with E-state index in [1.807, 2.05) is 18.0 Å². The van der Waals surface area contributed by atoms with E-state index in [2.05, 4.69) is 31.4 Å². The molecule has 2 amide bonds. The lowest BCUT2D eigenvalue weighted by Gasteiger charge is -2.29. The first-order chi connectivity index (χ1) is 11.2. The second-order valence-electron chi connectivity index (χ2n) is 7.25. The van der Waals surface area contributed by atoms with Crippen LogP contribution >= 0.6 is 0 Å². The lowest BCUT2D eigenvalue weighted by molar-refractivity contribution is -0.115. The van der Waals surface area contributed by atoms with Crippen molar-refractivity contribution in [3.8, 4) is 0 Å². The fourth-order valence-electron chi connectivity index (χ4n) is 2.74. The highest BCUT2D eigenvalue weighted by atomic mass is 16.5. The minimum absolute atomic E-state index is 0.0367. The molecule has 0 unspecified atom stereocenters. The topological polar surface area (TPSA) is 70.7 Å². The number of amides is 2. The van der Waals surface area contributed by atoms with Crippen LogP contribution in [0.25, 0.3) is 0 Å². The molecule has 6 heteroatoms. The molecule has 1 heterocycles. The number of hydrogen-bond acceptors (Lipinski definition) is 4. The Balaban J connectivity index is 2.12. The Kier molecular flexibility index (Phi) is 5.49. The summed E-state index contributed by atoms with van der Waals surface area (Å²) in [5.74, 6) is -0.212. The van der Waals surface area contributed by atoms with Gasteiger partial charge in [-0.15, -0.1) is 0 Å². The molecule has 0 aliphatic carbocycles. The second-order valence-corrected chi connectivity index (χ2v) is 7.25. The molecule has 0 aromatic heterocycles. The van der Waals surface area contributed by atoms with Crippen LogP contribution in [-0.4, -0.2) is 45.2 Å². The smallest absolute Gasteiger partial charge is 0.251 e. The maximum atomic E-state index is 12.4. The van der Waals surface area contributed by atoms with Gasteiger partial charge in [-0.1, -0.05) is 20.8 Å². The molecule has 6 nitrogen and oxygen atoms in total. The van der Waals surface area contributed by atoms with Crippen LogP contribution < -0.4 is 15.5 Å². The van der Waals surface area contributed by atoms with Gasteiger partial charge in [0.25, 0.3) is 5.91 Å². The number of nitrogens with one attached hydrogen (secondary N) is 2. The van der Waals surface area contributed by atoms with Gasteiger partial charge in [0, 0.05) is 39.2 Å². The average Bonchev–Trinajstić information content (AvgIpc) is 2.65. The molecule has 1 aliphatic heterocycles. The van der Waals surface area contributed by atoms with Gasteiger partial charge < -0.3 is 20.3 Å². The quantitative estimate of drug-likeness (QED) is 0.887. The molecule has 1 atom stereocenters. The third-order valence-corrected chi connectivity index (χ3v) is 4.32. The van der Waals surface area contributed by atoms with Crippen molar-refractivity contribution in [3.05, 3.63) is 23.8 Å². The zero-order chi connectivity index (χ0) is 17.9. The third kappa shape index (κ3) is 4.26. The van der Waals surface area contributed by atoms with Gasteiger partial charge >= 0.3 is 0 Å². The van der Waals surface area contributed by atoms with Gasteiger partial charge in [-0.3, -0.25) is 9.59 Å². The summed E-state index contributed by atoms with van der Waals surface area (Å²) in [5, 5.41) is 5.77. The van der Waals surface area contributed by atoms with Crippen molar-refractivity contribution in [2.45, 2.75) is 33.3 Å². The Hall–Kier alpha value is -2.08. The van der Waals surface area contributed by atoms with E-state index in [0.717, 1.165) is 5.69 Å². The molecule has 1 aliphatic rings. The van der Waals surface area contributed by atoms with Gasteiger partial charge in [-0.05, 0) is 23.6 Å². The number of ether oxygens (including phenoxy) is 1. The first kappa shape index (κ1) is 18.3. The Morgan fingerprint density at radius 2 is 2.12 bits per heavy atom. The Bertz CT molecular complexity index is 622. The lowest BCUT2D eigenvalue weighted by Crippen LogP contribution is -2.40. The highest BCUT2D eigenvalue weighted by molar-refractivity contribution is 6.00. The molecule has 0 fully saturated rings. The van der Waals surface area contributed by atoms with E-state index in [0.29, 0.717) is 30.8 Å². The fraction of sp³-hybridized carbons (Fsp3) is 0.556. The summed E-state index contributed by atoms with van der Waals surface area (Å²) >= 11 is 0. The van der Waals surface area contributed by atoms with Crippen molar-refractivity contribution < 1.29 is 14.3 Å². The van der Waals surface area contributed by atoms with Gasteiger partial charge in [-0.25, -0.2) is 0 Å². The van der Waals surface area contributed by atoms with Gasteiger partial charge in [-0.2, -0.15) is 0 Å². The zero-order valence-corrected chi connectivity index (χ0v) is 15.1. The molecular weight excluding hydrogens is 306 g/mol. The second kappa shape index (κ2) is 7.21. The fourth-order valence-corrected chi connectivity index (χ4v) is 2.74. The summed E-state index contributed by atoms with van der Waals surface area (Å²) in [6.07, 6.45) is 0.362. The predicted molar refractivity (Wildman–Crippen MR) is 95.5 cm³/mol. The molecular formula is C18H27N3O3. The summed E-state index contributed by atoms with van der Waals surface area (Å²) in [4.78, 5) is 26.2. The lowest BCUT2D eigenvalue weighted by atomic mass is 9.89. The Labute approximate surface area is 143 Å².